The van der Waals surface area contributed by atoms with Gasteiger partial charge in [-0.05, 0) is 34.5 Å². The molecule has 0 radical (unpaired) electrons. The molecule has 0 saturated carbocycles. The second-order valence-electron chi connectivity index (χ2n) is 4.00. The molecule has 2 aromatic rings. The van der Waals surface area contributed by atoms with Gasteiger partial charge in [0.2, 0.25) is 0 Å². The van der Waals surface area contributed by atoms with Crippen LogP contribution in [0.15, 0.2) is 46.1 Å². The highest BCUT2D eigenvalue weighted by Crippen LogP contribution is 2.29. The SMILES string of the molecule is NC(=NCc1ccsc1)Nc1ccccc1OC(F)(F)F. The first kappa shape index (κ1) is 15.2. The van der Waals surface area contributed by atoms with Gasteiger partial charge >= 0.3 is 6.36 Å². The number of nitrogens with zero attached hydrogens (tertiary/aromatic N) is 1. The summed E-state index contributed by atoms with van der Waals surface area (Å²) in [5.41, 5.74) is 6.74. The lowest BCUT2D eigenvalue weighted by molar-refractivity contribution is -0.274. The van der Waals surface area contributed by atoms with Crippen molar-refractivity contribution in [2.45, 2.75) is 12.9 Å². The lowest BCUT2D eigenvalue weighted by Crippen LogP contribution is -2.24. The van der Waals surface area contributed by atoms with Gasteiger partial charge < -0.3 is 15.8 Å². The Balaban J connectivity index is 2.06. The molecular formula is C13H12F3N3OS. The number of hydrogen-bond acceptors (Lipinski definition) is 3. The van der Waals surface area contributed by atoms with E-state index in [1.165, 1.54) is 29.5 Å². The predicted molar refractivity (Wildman–Crippen MR) is 76.4 cm³/mol. The molecule has 0 fully saturated rings. The Morgan fingerprint density at radius 1 is 1.29 bits per heavy atom. The second kappa shape index (κ2) is 6.49. The van der Waals surface area contributed by atoms with Crippen molar-refractivity contribution in [3.63, 3.8) is 0 Å². The Kier molecular flexibility index (Phi) is 4.69. The minimum Gasteiger partial charge on any atom is -0.404 e. The smallest absolute Gasteiger partial charge is 0.404 e. The van der Waals surface area contributed by atoms with E-state index in [1.807, 2.05) is 16.8 Å². The summed E-state index contributed by atoms with van der Waals surface area (Å²) in [4.78, 5) is 4.05. The van der Waals surface area contributed by atoms with Crippen LogP contribution in [-0.4, -0.2) is 12.3 Å². The molecule has 0 aliphatic rings. The van der Waals surface area contributed by atoms with Crippen LogP contribution in [-0.2, 0) is 6.54 Å². The molecule has 0 atom stereocenters. The van der Waals surface area contributed by atoms with Gasteiger partial charge in [0.05, 0.1) is 12.2 Å². The first-order valence-electron chi connectivity index (χ1n) is 5.87. The molecule has 8 heteroatoms. The highest BCUT2D eigenvalue weighted by molar-refractivity contribution is 7.07. The van der Waals surface area contributed by atoms with E-state index >= 15 is 0 Å². The van der Waals surface area contributed by atoms with E-state index in [0.717, 1.165) is 5.56 Å². The predicted octanol–water partition coefficient (Wildman–Crippen LogP) is 3.57. The van der Waals surface area contributed by atoms with E-state index in [0.29, 0.717) is 6.54 Å². The van der Waals surface area contributed by atoms with Crippen LogP contribution in [0.2, 0.25) is 0 Å². The number of anilines is 1. The highest BCUT2D eigenvalue weighted by Gasteiger charge is 2.32. The summed E-state index contributed by atoms with van der Waals surface area (Å²) in [5, 5.41) is 6.42. The minimum atomic E-state index is -4.76. The van der Waals surface area contributed by atoms with E-state index < -0.39 is 6.36 Å². The van der Waals surface area contributed by atoms with Gasteiger partial charge in [0.25, 0.3) is 0 Å². The molecule has 0 aliphatic carbocycles. The average molecular weight is 315 g/mol. The lowest BCUT2D eigenvalue weighted by Gasteiger charge is -2.14. The molecule has 0 saturated heterocycles. The van der Waals surface area contributed by atoms with Crippen molar-refractivity contribution in [1.29, 1.82) is 0 Å². The fraction of sp³-hybridized carbons (Fsp3) is 0.154. The van der Waals surface area contributed by atoms with Crippen molar-refractivity contribution in [2.75, 3.05) is 5.32 Å². The summed E-state index contributed by atoms with van der Waals surface area (Å²) in [7, 11) is 0. The van der Waals surface area contributed by atoms with Gasteiger partial charge in [0.15, 0.2) is 11.7 Å². The van der Waals surface area contributed by atoms with Crippen LogP contribution in [0, 0.1) is 0 Å². The molecule has 0 bridgehead atoms. The van der Waals surface area contributed by atoms with Gasteiger partial charge in [-0.15, -0.1) is 13.2 Å². The highest BCUT2D eigenvalue weighted by atomic mass is 32.1. The van der Waals surface area contributed by atoms with E-state index in [9.17, 15) is 13.2 Å². The van der Waals surface area contributed by atoms with E-state index in [2.05, 4.69) is 15.0 Å². The Hall–Kier alpha value is -2.22. The average Bonchev–Trinajstić information content (AvgIpc) is 2.90. The number of para-hydroxylation sites is 2. The first-order chi connectivity index (χ1) is 9.94. The van der Waals surface area contributed by atoms with Crippen LogP contribution in [0.4, 0.5) is 18.9 Å². The van der Waals surface area contributed by atoms with Gasteiger partial charge in [0, 0.05) is 0 Å². The van der Waals surface area contributed by atoms with Gasteiger partial charge in [-0.3, -0.25) is 0 Å². The zero-order valence-corrected chi connectivity index (χ0v) is 11.5. The number of aliphatic imine (C=N–C) groups is 1. The van der Waals surface area contributed by atoms with Crippen LogP contribution in [0.25, 0.3) is 0 Å². The zero-order valence-electron chi connectivity index (χ0n) is 10.7. The number of halogens is 3. The topological polar surface area (TPSA) is 59.6 Å². The fourth-order valence-corrected chi connectivity index (χ4v) is 2.18. The molecule has 0 spiro atoms. The summed E-state index contributed by atoms with van der Waals surface area (Å²) in [6.07, 6.45) is -4.76. The van der Waals surface area contributed by atoms with E-state index in [4.69, 9.17) is 5.73 Å². The number of ether oxygens (including phenoxy) is 1. The third kappa shape index (κ3) is 4.99. The molecular weight excluding hydrogens is 303 g/mol. The number of benzene rings is 1. The Morgan fingerprint density at radius 3 is 2.71 bits per heavy atom. The molecule has 2 rings (SSSR count). The molecule has 21 heavy (non-hydrogen) atoms. The Bertz CT molecular complexity index is 611. The number of thiophene rings is 1. The molecule has 0 unspecified atom stereocenters. The van der Waals surface area contributed by atoms with Crippen LogP contribution in [0.1, 0.15) is 5.56 Å². The van der Waals surface area contributed by atoms with Crippen molar-refractivity contribution in [3.8, 4) is 5.75 Å². The van der Waals surface area contributed by atoms with Crippen LogP contribution < -0.4 is 15.8 Å². The maximum atomic E-state index is 12.3. The summed E-state index contributed by atoms with van der Waals surface area (Å²) >= 11 is 1.53. The van der Waals surface area contributed by atoms with Gasteiger partial charge in [0.1, 0.15) is 0 Å². The summed E-state index contributed by atoms with van der Waals surface area (Å²) in [5.74, 6) is -0.349. The number of alkyl halides is 3. The lowest BCUT2D eigenvalue weighted by atomic mass is 10.3. The monoisotopic (exact) mass is 315 g/mol. The standard InChI is InChI=1S/C13H12F3N3OS/c14-13(15,16)20-11-4-2-1-3-10(11)19-12(17)18-7-9-5-6-21-8-9/h1-6,8H,7H2,(H3,17,18,19). The zero-order chi connectivity index (χ0) is 15.3. The molecule has 0 aliphatic heterocycles. The van der Waals surface area contributed by atoms with E-state index in [1.54, 1.807) is 6.07 Å². The fourth-order valence-electron chi connectivity index (χ4n) is 1.52. The third-order valence-electron chi connectivity index (χ3n) is 2.39. The molecule has 4 nitrogen and oxygen atoms in total. The van der Waals surface area contributed by atoms with Crippen molar-refractivity contribution in [2.24, 2.45) is 10.7 Å². The summed E-state index contributed by atoms with van der Waals surface area (Å²) < 4.78 is 40.8. The van der Waals surface area contributed by atoms with Gasteiger partial charge in [-0.25, -0.2) is 4.99 Å². The maximum absolute atomic E-state index is 12.3. The number of nitrogens with two attached hydrogens (primary N) is 1. The van der Waals surface area contributed by atoms with Crippen LogP contribution >= 0.6 is 11.3 Å². The third-order valence-corrected chi connectivity index (χ3v) is 3.12. The molecule has 1 aromatic carbocycles. The molecule has 1 aromatic heterocycles. The van der Waals surface area contributed by atoms with Gasteiger partial charge in [-0.2, -0.15) is 11.3 Å². The molecule has 0 amide bonds. The molecule has 3 N–H and O–H groups in total. The second-order valence-corrected chi connectivity index (χ2v) is 4.78. The van der Waals surface area contributed by atoms with Crippen molar-refractivity contribution >= 4 is 23.0 Å². The molecule has 112 valence electrons. The van der Waals surface area contributed by atoms with Crippen molar-refractivity contribution in [1.82, 2.24) is 0 Å². The number of nitrogens with one attached hydrogen (secondary N) is 1. The number of hydrogen-bond donors (Lipinski definition) is 2. The minimum absolute atomic E-state index is 0.0134. The maximum Gasteiger partial charge on any atom is 0.573 e. The van der Waals surface area contributed by atoms with Crippen molar-refractivity contribution < 1.29 is 17.9 Å². The quantitative estimate of drug-likeness (QED) is 0.670. The van der Waals surface area contributed by atoms with Crippen LogP contribution in [0.5, 0.6) is 5.75 Å². The summed E-state index contributed by atoms with van der Waals surface area (Å²) in [6.45, 7) is 0.352. The van der Waals surface area contributed by atoms with Gasteiger partial charge in [-0.1, -0.05) is 12.1 Å². The van der Waals surface area contributed by atoms with E-state index in [-0.39, 0.29) is 17.4 Å². The normalized spacial score (nSPS) is 12.2. The summed E-state index contributed by atoms with van der Waals surface area (Å²) in [6, 6.07) is 7.51. The first-order valence-corrected chi connectivity index (χ1v) is 6.81. The number of guanidine groups is 1. The Morgan fingerprint density at radius 2 is 2.05 bits per heavy atom. The van der Waals surface area contributed by atoms with Crippen LogP contribution in [0.3, 0.4) is 0 Å². The Labute approximate surface area is 123 Å². The largest absolute Gasteiger partial charge is 0.573 e. The van der Waals surface area contributed by atoms with Crippen molar-refractivity contribution in [3.05, 3.63) is 46.7 Å². The number of rotatable bonds is 4. The molecule has 1 heterocycles.